The van der Waals surface area contributed by atoms with Crippen molar-refractivity contribution in [1.82, 2.24) is 10.2 Å². The maximum Gasteiger partial charge on any atom is 0.406 e. The van der Waals surface area contributed by atoms with Crippen molar-refractivity contribution >= 4 is 5.91 Å². The van der Waals surface area contributed by atoms with Gasteiger partial charge in [0.15, 0.2) is 0 Å². The van der Waals surface area contributed by atoms with Gasteiger partial charge < -0.3 is 10.2 Å². The van der Waals surface area contributed by atoms with Crippen LogP contribution in [0, 0.1) is 11.3 Å². The minimum atomic E-state index is -4.34. The van der Waals surface area contributed by atoms with Crippen molar-refractivity contribution in [2.45, 2.75) is 46.2 Å². The third kappa shape index (κ3) is 4.65. The topological polar surface area (TPSA) is 32.3 Å². The molecule has 0 unspecified atom stereocenters. The molecule has 0 aromatic rings. The lowest BCUT2D eigenvalue weighted by atomic mass is 9.75. The van der Waals surface area contributed by atoms with Gasteiger partial charge in [-0.1, -0.05) is 20.8 Å². The monoisotopic (exact) mass is 294 g/mol. The highest BCUT2D eigenvalue weighted by molar-refractivity contribution is 5.83. The van der Waals surface area contributed by atoms with Gasteiger partial charge in [-0.15, -0.1) is 0 Å². The summed E-state index contributed by atoms with van der Waals surface area (Å²) < 4.78 is 38.1. The molecule has 0 spiro atoms. The molecule has 3 nitrogen and oxygen atoms in total. The van der Waals surface area contributed by atoms with Crippen LogP contribution in [0.25, 0.3) is 0 Å². The lowest BCUT2D eigenvalue weighted by Crippen LogP contribution is -2.52. The Morgan fingerprint density at radius 1 is 1.30 bits per heavy atom. The van der Waals surface area contributed by atoms with Gasteiger partial charge in [0.05, 0.1) is 5.41 Å². The van der Waals surface area contributed by atoms with E-state index in [1.165, 1.54) is 0 Å². The van der Waals surface area contributed by atoms with E-state index in [4.69, 9.17) is 0 Å². The summed E-state index contributed by atoms with van der Waals surface area (Å²) in [6.07, 6.45) is -2.50. The molecule has 6 heteroatoms. The van der Waals surface area contributed by atoms with E-state index in [-0.39, 0.29) is 18.4 Å². The second-order valence-corrected chi connectivity index (χ2v) is 6.08. The number of piperidine rings is 1. The van der Waals surface area contributed by atoms with Crippen molar-refractivity contribution in [1.29, 1.82) is 0 Å². The quantitative estimate of drug-likeness (QED) is 0.845. The van der Waals surface area contributed by atoms with Crippen LogP contribution >= 0.6 is 0 Å². The Kier molecular flexibility index (Phi) is 5.86. The van der Waals surface area contributed by atoms with Crippen LogP contribution in [0.2, 0.25) is 0 Å². The third-order valence-corrected chi connectivity index (χ3v) is 3.93. The van der Waals surface area contributed by atoms with E-state index in [1.807, 2.05) is 20.8 Å². The predicted molar refractivity (Wildman–Crippen MR) is 72.3 cm³/mol. The Bertz CT molecular complexity index is 323. The summed E-state index contributed by atoms with van der Waals surface area (Å²) >= 11 is 0. The number of halogens is 3. The summed E-state index contributed by atoms with van der Waals surface area (Å²) in [7, 11) is 0. The number of hydrogen-bond acceptors (Lipinski definition) is 2. The normalized spacial score (nSPS) is 19.1. The fraction of sp³-hybridized carbons (Fsp3) is 0.929. The molecular formula is C14H25F3N2O. The molecular weight excluding hydrogens is 269 g/mol. The average Bonchev–Trinajstić information content (AvgIpc) is 2.35. The lowest BCUT2D eigenvalue weighted by Gasteiger charge is -2.40. The van der Waals surface area contributed by atoms with Gasteiger partial charge in [-0.2, -0.15) is 13.2 Å². The molecule has 1 rings (SSSR count). The first-order chi connectivity index (χ1) is 9.20. The van der Waals surface area contributed by atoms with E-state index in [0.717, 1.165) is 4.90 Å². The molecule has 0 saturated carbocycles. The van der Waals surface area contributed by atoms with E-state index in [9.17, 15) is 18.0 Å². The molecule has 0 radical (unpaired) electrons. The van der Waals surface area contributed by atoms with Crippen LogP contribution in [-0.4, -0.2) is 43.2 Å². The molecule has 1 heterocycles. The minimum Gasteiger partial charge on any atom is -0.333 e. The molecule has 20 heavy (non-hydrogen) atoms. The van der Waals surface area contributed by atoms with Gasteiger partial charge in [-0.3, -0.25) is 4.79 Å². The molecule has 0 bridgehead atoms. The first-order valence-electron chi connectivity index (χ1n) is 7.27. The SMILES string of the molecule is CCC1(C(=O)N(CC(C)C)CC(F)(F)F)CCNCC1. The van der Waals surface area contributed by atoms with Crippen molar-refractivity contribution in [3.05, 3.63) is 0 Å². The van der Waals surface area contributed by atoms with Crippen LogP contribution in [-0.2, 0) is 4.79 Å². The zero-order chi connectivity index (χ0) is 15.4. The molecule has 1 aliphatic heterocycles. The Hall–Kier alpha value is -0.780. The van der Waals surface area contributed by atoms with Crippen LogP contribution in [0.3, 0.4) is 0 Å². The van der Waals surface area contributed by atoms with Crippen LogP contribution in [0.5, 0.6) is 0 Å². The van der Waals surface area contributed by atoms with Gasteiger partial charge >= 0.3 is 6.18 Å². The molecule has 118 valence electrons. The van der Waals surface area contributed by atoms with Gasteiger partial charge in [-0.05, 0) is 38.3 Å². The zero-order valence-corrected chi connectivity index (χ0v) is 12.5. The summed E-state index contributed by atoms with van der Waals surface area (Å²) in [4.78, 5) is 13.7. The van der Waals surface area contributed by atoms with E-state index in [0.29, 0.717) is 32.4 Å². The maximum atomic E-state index is 12.7. The van der Waals surface area contributed by atoms with Crippen LogP contribution in [0.15, 0.2) is 0 Å². The van der Waals surface area contributed by atoms with E-state index in [1.54, 1.807) is 0 Å². The highest BCUT2D eigenvalue weighted by Crippen LogP contribution is 2.35. The summed E-state index contributed by atoms with van der Waals surface area (Å²) in [6, 6.07) is 0. The van der Waals surface area contributed by atoms with Gasteiger partial charge in [0.25, 0.3) is 0 Å². The lowest BCUT2D eigenvalue weighted by molar-refractivity contribution is -0.170. The standard InChI is InChI=1S/C14H25F3N2O/c1-4-13(5-7-18-8-6-13)12(20)19(9-11(2)3)10-14(15,16)17/h11,18H,4-10H2,1-3H3. The molecule has 1 N–H and O–H groups in total. The van der Waals surface area contributed by atoms with Crippen LogP contribution < -0.4 is 5.32 Å². The maximum absolute atomic E-state index is 12.7. The number of nitrogens with zero attached hydrogens (tertiary/aromatic N) is 1. The Labute approximate surface area is 118 Å². The summed E-state index contributed by atoms with van der Waals surface area (Å²) in [5.41, 5.74) is -0.620. The highest BCUT2D eigenvalue weighted by atomic mass is 19.4. The van der Waals surface area contributed by atoms with E-state index in [2.05, 4.69) is 5.32 Å². The Balaban J connectivity index is 2.89. The fourth-order valence-electron chi connectivity index (χ4n) is 2.84. The molecule has 1 amide bonds. The zero-order valence-electron chi connectivity index (χ0n) is 12.5. The number of amides is 1. The van der Waals surface area contributed by atoms with Gasteiger partial charge in [0.1, 0.15) is 6.54 Å². The Morgan fingerprint density at radius 3 is 2.25 bits per heavy atom. The summed E-state index contributed by atoms with van der Waals surface area (Å²) in [6.45, 7) is 5.97. The van der Waals surface area contributed by atoms with Crippen molar-refractivity contribution in [2.75, 3.05) is 26.2 Å². The number of carbonyl (C=O) groups is 1. The summed E-state index contributed by atoms with van der Waals surface area (Å²) in [5, 5.41) is 3.16. The minimum absolute atomic E-state index is 0.0249. The number of rotatable bonds is 5. The predicted octanol–water partition coefficient (Wildman–Crippen LogP) is 2.81. The fourth-order valence-corrected chi connectivity index (χ4v) is 2.84. The second-order valence-electron chi connectivity index (χ2n) is 6.08. The molecule has 0 aliphatic carbocycles. The van der Waals surface area contributed by atoms with Crippen molar-refractivity contribution in [2.24, 2.45) is 11.3 Å². The molecule has 0 aromatic carbocycles. The average molecular weight is 294 g/mol. The summed E-state index contributed by atoms with van der Waals surface area (Å²) in [5.74, 6) is -0.301. The molecule has 1 fully saturated rings. The Morgan fingerprint density at radius 2 is 1.85 bits per heavy atom. The number of hydrogen-bond donors (Lipinski definition) is 1. The van der Waals surface area contributed by atoms with Crippen molar-refractivity contribution in [3.63, 3.8) is 0 Å². The van der Waals surface area contributed by atoms with E-state index < -0.39 is 18.1 Å². The molecule has 0 aromatic heterocycles. The molecule has 1 aliphatic rings. The van der Waals surface area contributed by atoms with E-state index >= 15 is 0 Å². The second kappa shape index (κ2) is 6.78. The third-order valence-electron chi connectivity index (χ3n) is 3.93. The van der Waals surface area contributed by atoms with Gasteiger partial charge in [0.2, 0.25) is 5.91 Å². The first-order valence-corrected chi connectivity index (χ1v) is 7.27. The largest absolute Gasteiger partial charge is 0.406 e. The van der Waals surface area contributed by atoms with Crippen LogP contribution in [0.1, 0.15) is 40.0 Å². The number of carbonyl (C=O) groups excluding carboxylic acids is 1. The van der Waals surface area contributed by atoms with Gasteiger partial charge in [0, 0.05) is 6.54 Å². The number of alkyl halides is 3. The molecule has 0 atom stereocenters. The van der Waals surface area contributed by atoms with Gasteiger partial charge in [-0.25, -0.2) is 0 Å². The highest BCUT2D eigenvalue weighted by Gasteiger charge is 2.43. The smallest absolute Gasteiger partial charge is 0.333 e. The van der Waals surface area contributed by atoms with Crippen molar-refractivity contribution < 1.29 is 18.0 Å². The van der Waals surface area contributed by atoms with Crippen molar-refractivity contribution in [3.8, 4) is 0 Å². The number of nitrogens with one attached hydrogen (secondary N) is 1. The first kappa shape index (κ1) is 17.3. The van der Waals surface area contributed by atoms with Crippen LogP contribution in [0.4, 0.5) is 13.2 Å². The molecule has 1 saturated heterocycles.